The van der Waals surface area contributed by atoms with Gasteiger partial charge in [0.1, 0.15) is 10.8 Å². The highest BCUT2D eigenvalue weighted by atomic mass is 35.5. The first-order valence-electron chi connectivity index (χ1n) is 11.7. The molecular weight excluding hydrogens is 547 g/mol. The maximum atomic E-state index is 13.4. The number of ether oxygens (including phenoxy) is 3. The fourth-order valence-electron chi connectivity index (χ4n) is 4.29. The van der Waals surface area contributed by atoms with Gasteiger partial charge in [0.05, 0.1) is 48.1 Å². The van der Waals surface area contributed by atoms with E-state index in [1.807, 2.05) is 0 Å². The molecule has 0 spiro atoms. The molecule has 1 atom stereocenters. The Labute approximate surface area is 234 Å². The highest BCUT2D eigenvalue weighted by Gasteiger charge is 2.47. The third-order valence-electron chi connectivity index (χ3n) is 5.98. The van der Waals surface area contributed by atoms with Crippen LogP contribution in [0, 0.1) is 0 Å². The summed E-state index contributed by atoms with van der Waals surface area (Å²) in [5.41, 5.74) is 0.870. The smallest absolute Gasteiger partial charge is 0.338 e. The average molecular weight is 571 g/mol. The van der Waals surface area contributed by atoms with Crippen LogP contribution in [0.5, 0.6) is 11.5 Å². The highest BCUT2D eigenvalue weighted by Crippen LogP contribution is 2.48. The van der Waals surface area contributed by atoms with Crippen molar-refractivity contribution in [3.8, 4) is 11.5 Å². The van der Waals surface area contributed by atoms with E-state index in [0.717, 1.165) is 0 Å². The third kappa shape index (κ3) is 5.15. The SMILES string of the molecule is COc1c(Cl)cc(/C(O)=C2\C(=O)C(=O)N(c3ccc(C(=O)OC(C)C)cc3)C2c2ccncc2)c(OC)c1Cl. The van der Waals surface area contributed by atoms with Crippen molar-refractivity contribution >= 4 is 52.3 Å². The maximum Gasteiger partial charge on any atom is 0.338 e. The molecule has 202 valence electrons. The van der Waals surface area contributed by atoms with Crippen LogP contribution in [-0.4, -0.2) is 48.1 Å². The number of anilines is 1. The fourth-order valence-corrected chi connectivity index (χ4v) is 4.98. The lowest BCUT2D eigenvalue weighted by Crippen LogP contribution is -2.29. The summed E-state index contributed by atoms with van der Waals surface area (Å²) in [6, 6.07) is 9.57. The Kier molecular flexibility index (Phi) is 8.13. The lowest BCUT2D eigenvalue weighted by atomic mass is 9.95. The maximum absolute atomic E-state index is 13.4. The molecule has 1 aliphatic heterocycles. The van der Waals surface area contributed by atoms with Gasteiger partial charge in [0, 0.05) is 18.1 Å². The van der Waals surface area contributed by atoms with Crippen molar-refractivity contribution in [1.82, 2.24) is 4.98 Å². The van der Waals surface area contributed by atoms with Crippen LogP contribution in [0.1, 0.15) is 41.4 Å². The van der Waals surface area contributed by atoms with Crippen molar-refractivity contribution in [1.29, 1.82) is 0 Å². The number of hydrogen-bond acceptors (Lipinski definition) is 8. The van der Waals surface area contributed by atoms with Crippen LogP contribution >= 0.6 is 23.2 Å². The molecule has 1 saturated heterocycles. The van der Waals surface area contributed by atoms with Gasteiger partial charge in [-0.25, -0.2) is 4.79 Å². The van der Waals surface area contributed by atoms with Crippen LogP contribution in [0.4, 0.5) is 5.69 Å². The molecule has 0 aliphatic carbocycles. The van der Waals surface area contributed by atoms with Crippen molar-refractivity contribution in [2.45, 2.75) is 26.0 Å². The van der Waals surface area contributed by atoms with Crippen molar-refractivity contribution in [2.75, 3.05) is 19.1 Å². The molecule has 1 fully saturated rings. The number of benzene rings is 2. The van der Waals surface area contributed by atoms with Crippen LogP contribution in [-0.2, 0) is 14.3 Å². The second kappa shape index (κ2) is 11.3. The number of aliphatic hydroxyl groups excluding tert-OH is 1. The molecule has 39 heavy (non-hydrogen) atoms. The summed E-state index contributed by atoms with van der Waals surface area (Å²) in [6.07, 6.45) is 2.70. The quantitative estimate of drug-likeness (QED) is 0.169. The van der Waals surface area contributed by atoms with Gasteiger partial charge in [0.2, 0.25) is 0 Å². The number of ketones is 1. The summed E-state index contributed by atoms with van der Waals surface area (Å²) in [5.74, 6) is -2.77. The molecule has 2 aromatic carbocycles. The van der Waals surface area contributed by atoms with Crippen LogP contribution in [0.15, 0.2) is 60.4 Å². The largest absolute Gasteiger partial charge is 0.507 e. The Hall–Kier alpha value is -4.08. The van der Waals surface area contributed by atoms with Crippen LogP contribution < -0.4 is 14.4 Å². The minimum Gasteiger partial charge on any atom is -0.507 e. The second-order valence-corrected chi connectivity index (χ2v) is 9.52. The summed E-state index contributed by atoms with van der Waals surface area (Å²) >= 11 is 12.7. The predicted molar refractivity (Wildman–Crippen MR) is 146 cm³/mol. The standard InChI is InChI=1S/C28H24Cl2N2O7/c1-14(2)39-28(36)16-5-7-17(8-6-16)32-22(15-9-11-31-12-10-15)20(24(34)27(32)35)23(33)18-13-19(29)26(38-4)21(30)25(18)37-3/h5-14,22,33H,1-4H3/b23-20+. The number of hydrogen-bond donors (Lipinski definition) is 1. The summed E-state index contributed by atoms with van der Waals surface area (Å²) < 4.78 is 15.8. The number of nitrogens with zero attached hydrogens (tertiary/aromatic N) is 2. The Morgan fingerprint density at radius 2 is 1.62 bits per heavy atom. The Bertz CT molecular complexity index is 1470. The number of rotatable bonds is 7. The number of methoxy groups -OCH3 is 2. The van der Waals surface area contributed by atoms with E-state index < -0.39 is 29.5 Å². The van der Waals surface area contributed by atoms with Gasteiger partial charge in [-0.15, -0.1) is 0 Å². The topological polar surface area (TPSA) is 115 Å². The molecule has 4 rings (SSSR count). The number of aromatic nitrogens is 1. The number of halogens is 2. The lowest BCUT2D eigenvalue weighted by Gasteiger charge is -2.25. The number of amides is 1. The lowest BCUT2D eigenvalue weighted by molar-refractivity contribution is -0.132. The zero-order valence-electron chi connectivity index (χ0n) is 21.4. The minimum absolute atomic E-state index is 0.00265. The predicted octanol–water partition coefficient (Wildman–Crippen LogP) is 5.60. The summed E-state index contributed by atoms with van der Waals surface area (Å²) in [6.45, 7) is 3.47. The minimum atomic E-state index is -1.05. The molecule has 11 heteroatoms. The molecule has 1 unspecified atom stereocenters. The summed E-state index contributed by atoms with van der Waals surface area (Å²) in [7, 11) is 2.70. The van der Waals surface area contributed by atoms with E-state index in [2.05, 4.69) is 4.98 Å². The molecule has 9 nitrogen and oxygen atoms in total. The first-order chi connectivity index (χ1) is 18.6. The molecule has 0 saturated carbocycles. The van der Waals surface area contributed by atoms with Gasteiger partial charge in [-0.05, 0) is 61.9 Å². The zero-order chi connectivity index (χ0) is 28.4. The van der Waals surface area contributed by atoms with Crippen LogP contribution in [0.2, 0.25) is 10.0 Å². The van der Waals surface area contributed by atoms with Gasteiger partial charge in [-0.3, -0.25) is 19.5 Å². The van der Waals surface area contributed by atoms with Gasteiger partial charge in [0.15, 0.2) is 11.5 Å². The molecule has 0 bridgehead atoms. The number of carbonyl (C=O) groups is 3. The van der Waals surface area contributed by atoms with E-state index in [4.69, 9.17) is 37.4 Å². The first-order valence-corrected chi connectivity index (χ1v) is 12.5. The highest BCUT2D eigenvalue weighted by molar-refractivity contribution is 6.52. The van der Waals surface area contributed by atoms with Crippen molar-refractivity contribution < 1.29 is 33.7 Å². The fraction of sp³-hybridized carbons (Fsp3) is 0.214. The molecule has 1 aliphatic rings. The van der Waals surface area contributed by atoms with Gasteiger partial charge in [-0.2, -0.15) is 0 Å². The van der Waals surface area contributed by atoms with E-state index in [1.165, 1.54) is 61.8 Å². The van der Waals surface area contributed by atoms with Crippen molar-refractivity contribution in [3.63, 3.8) is 0 Å². The Morgan fingerprint density at radius 3 is 2.18 bits per heavy atom. The number of aliphatic hydroxyl groups is 1. The van der Waals surface area contributed by atoms with Crippen LogP contribution in [0.3, 0.4) is 0 Å². The van der Waals surface area contributed by atoms with E-state index in [0.29, 0.717) is 11.3 Å². The van der Waals surface area contributed by atoms with E-state index in [1.54, 1.807) is 26.0 Å². The molecule has 1 amide bonds. The summed E-state index contributed by atoms with van der Waals surface area (Å²) in [5, 5.41) is 11.5. The monoisotopic (exact) mass is 570 g/mol. The average Bonchev–Trinajstić information content (AvgIpc) is 3.18. The Morgan fingerprint density at radius 1 is 1.00 bits per heavy atom. The summed E-state index contributed by atoms with van der Waals surface area (Å²) in [4.78, 5) is 44.4. The van der Waals surface area contributed by atoms with Gasteiger partial charge in [0.25, 0.3) is 11.7 Å². The van der Waals surface area contributed by atoms with Crippen LogP contribution in [0.25, 0.3) is 5.76 Å². The first kappa shape index (κ1) is 27.9. The molecular formula is C28H24Cl2N2O7. The Balaban J connectivity index is 1.90. The van der Waals surface area contributed by atoms with E-state index >= 15 is 0 Å². The third-order valence-corrected chi connectivity index (χ3v) is 6.61. The normalized spacial score (nSPS) is 16.5. The molecule has 3 aromatic rings. The second-order valence-electron chi connectivity index (χ2n) is 8.74. The van der Waals surface area contributed by atoms with Gasteiger partial charge >= 0.3 is 5.97 Å². The number of carbonyl (C=O) groups excluding carboxylic acids is 3. The van der Waals surface area contributed by atoms with Crippen molar-refractivity contribution in [3.05, 3.63) is 87.2 Å². The number of pyridine rings is 1. The number of esters is 1. The molecule has 1 N–H and O–H groups in total. The molecule has 1 aromatic heterocycles. The number of Topliss-reactive ketones (excluding diaryl/α,β-unsaturated/α-hetero) is 1. The van der Waals surface area contributed by atoms with Gasteiger partial charge in [-0.1, -0.05) is 23.2 Å². The van der Waals surface area contributed by atoms with Gasteiger partial charge < -0.3 is 19.3 Å². The molecule has 0 radical (unpaired) electrons. The zero-order valence-corrected chi connectivity index (χ0v) is 22.9. The van der Waals surface area contributed by atoms with E-state index in [9.17, 15) is 19.5 Å². The van der Waals surface area contributed by atoms with Crippen molar-refractivity contribution in [2.24, 2.45) is 0 Å². The molecule has 2 heterocycles. The van der Waals surface area contributed by atoms with E-state index in [-0.39, 0.29) is 44.3 Å².